The van der Waals surface area contributed by atoms with Gasteiger partial charge in [-0.05, 0) is 6.92 Å². The van der Waals surface area contributed by atoms with Crippen molar-refractivity contribution in [3.63, 3.8) is 0 Å². The number of nitrogens with zero attached hydrogens (tertiary/aromatic N) is 3. The number of amides is 1. The topological polar surface area (TPSA) is 93.8 Å². The first-order valence-corrected chi connectivity index (χ1v) is 5.67. The van der Waals surface area contributed by atoms with Crippen LogP contribution in [0.1, 0.15) is 15.5 Å². The van der Waals surface area contributed by atoms with Crippen LogP contribution in [0.25, 0.3) is 0 Å². The summed E-state index contributed by atoms with van der Waals surface area (Å²) in [6.07, 6.45) is 0. The number of thiazole rings is 1. The van der Waals surface area contributed by atoms with Crippen LogP contribution in [0.4, 0.5) is 10.3 Å². The highest BCUT2D eigenvalue weighted by Crippen LogP contribution is 2.17. The van der Waals surface area contributed by atoms with Crippen LogP contribution in [0.15, 0.2) is 5.38 Å². The monoisotopic (exact) mass is 241 g/mol. The Morgan fingerprint density at radius 3 is 2.87 bits per heavy atom. The number of rotatable bonds is 2. The van der Waals surface area contributed by atoms with E-state index in [1.165, 1.54) is 11.3 Å². The standard InChI is InChI=1S/C7H7N5OS2/c1-3-2-14-7(9-3)10-4(13)5-11-12-6(8)15-5/h2H,1H3,(H2,8,12)(H,9,10,13). The third-order valence-corrected chi connectivity index (χ3v) is 3.10. The Morgan fingerprint density at radius 2 is 2.33 bits per heavy atom. The van der Waals surface area contributed by atoms with Crippen LogP contribution in [0.2, 0.25) is 0 Å². The van der Waals surface area contributed by atoms with Gasteiger partial charge in [0.15, 0.2) is 5.13 Å². The molecule has 0 saturated heterocycles. The molecular formula is C7H7N5OS2. The summed E-state index contributed by atoms with van der Waals surface area (Å²) in [5.74, 6) is -0.335. The summed E-state index contributed by atoms with van der Waals surface area (Å²) in [7, 11) is 0. The molecule has 2 aromatic heterocycles. The van der Waals surface area contributed by atoms with E-state index in [4.69, 9.17) is 5.73 Å². The molecule has 0 fully saturated rings. The lowest BCUT2D eigenvalue weighted by atomic mass is 10.6. The van der Waals surface area contributed by atoms with Crippen LogP contribution in [-0.2, 0) is 0 Å². The molecular weight excluding hydrogens is 234 g/mol. The molecule has 0 aliphatic rings. The lowest BCUT2D eigenvalue weighted by Gasteiger charge is -1.95. The zero-order valence-corrected chi connectivity index (χ0v) is 9.35. The van der Waals surface area contributed by atoms with Crippen molar-refractivity contribution in [3.05, 3.63) is 16.1 Å². The highest BCUT2D eigenvalue weighted by molar-refractivity contribution is 7.17. The molecule has 6 nitrogen and oxygen atoms in total. The third-order valence-electron chi connectivity index (χ3n) is 1.47. The van der Waals surface area contributed by atoms with Gasteiger partial charge in [-0.3, -0.25) is 10.1 Å². The number of nitrogen functional groups attached to an aromatic ring is 1. The van der Waals surface area contributed by atoms with Gasteiger partial charge in [0.1, 0.15) is 0 Å². The van der Waals surface area contributed by atoms with E-state index < -0.39 is 0 Å². The Balaban J connectivity index is 2.10. The molecule has 1 amide bonds. The van der Waals surface area contributed by atoms with E-state index in [2.05, 4.69) is 20.5 Å². The van der Waals surface area contributed by atoms with Crippen molar-refractivity contribution in [3.8, 4) is 0 Å². The first-order valence-electron chi connectivity index (χ1n) is 3.97. The van der Waals surface area contributed by atoms with Gasteiger partial charge in [-0.15, -0.1) is 21.5 Å². The summed E-state index contributed by atoms with van der Waals surface area (Å²) in [5, 5.41) is 12.7. The lowest BCUT2D eigenvalue weighted by Crippen LogP contribution is -2.11. The van der Waals surface area contributed by atoms with Gasteiger partial charge >= 0.3 is 0 Å². The summed E-state index contributed by atoms with van der Waals surface area (Å²) >= 11 is 2.40. The summed E-state index contributed by atoms with van der Waals surface area (Å²) in [6, 6.07) is 0. The van der Waals surface area contributed by atoms with Crippen LogP contribution in [0, 0.1) is 6.92 Å². The zero-order valence-electron chi connectivity index (χ0n) is 7.72. The minimum atomic E-state index is -0.335. The molecule has 0 aromatic carbocycles. The van der Waals surface area contributed by atoms with Crippen molar-refractivity contribution in [1.82, 2.24) is 15.2 Å². The molecule has 2 aromatic rings. The largest absolute Gasteiger partial charge is 0.374 e. The average Bonchev–Trinajstić information content (AvgIpc) is 2.75. The number of anilines is 2. The van der Waals surface area contributed by atoms with Gasteiger partial charge in [0, 0.05) is 5.38 Å². The van der Waals surface area contributed by atoms with Crippen LogP contribution in [0.3, 0.4) is 0 Å². The van der Waals surface area contributed by atoms with Crippen LogP contribution in [-0.4, -0.2) is 21.1 Å². The van der Waals surface area contributed by atoms with E-state index in [9.17, 15) is 4.79 Å². The smallest absolute Gasteiger partial charge is 0.288 e. The van der Waals surface area contributed by atoms with Gasteiger partial charge < -0.3 is 5.73 Å². The first kappa shape index (κ1) is 9.99. The Kier molecular flexibility index (Phi) is 2.60. The van der Waals surface area contributed by atoms with Gasteiger partial charge in [0.05, 0.1) is 5.69 Å². The second-order valence-corrected chi connectivity index (χ2v) is 4.56. The van der Waals surface area contributed by atoms with E-state index in [0.29, 0.717) is 5.13 Å². The maximum absolute atomic E-state index is 11.5. The maximum Gasteiger partial charge on any atom is 0.288 e. The number of aromatic nitrogens is 3. The quantitative estimate of drug-likeness (QED) is 0.822. The van der Waals surface area contributed by atoms with Gasteiger partial charge in [0.25, 0.3) is 5.91 Å². The van der Waals surface area contributed by atoms with E-state index in [1.807, 2.05) is 12.3 Å². The summed E-state index contributed by atoms with van der Waals surface area (Å²) in [4.78, 5) is 15.6. The van der Waals surface area contributed by atoms with Crippen molar-refractivity contribution in [2.45, 2.75) is 6.92 Å². The second kappa shape index (κ2) is 3.91. The first-order chi connectivity index (χ1) is 7.15. The molecule has 0 aliphatic heterocycles. The molecule has 8 heteroatoms. The fourth-order valence-corrected chi connectivity index (χ4v) is 2.08. The summed E-state index contributed by atoms with van der Waals surface area (Å²) < 4.78 is 0. The fourth-order valence-electron chi connectivity index (χ4n) is 0.888. The van der Waals surface area contributed by atoms with E-state index >= 15 is 0 Å². The summed E-state index contributed by atoms with van der Waals surface area (Å²) in [5.41, 5.74) is 6.23. The number of carbonyl (C=O) groups excluding carboxylic acids is 1. The molecule has 0 saturated carbocycles. The number of nitrogens with two attached hydrogens (primary N) is 1. The SMILES string of the molecule is Cc1csc(NC(=O)c2nnc(N)s2)n1. The molecule has 0 spiro atoms. The number of aryl methyl sites for hydroxylation is 1. The Hall–Kier alpha value is -1.54. The average molecular weight is 241 g/mol. The number of hydrogen-bond acceptors (Lipinski definition) is 7. The van der Waals surface area contributed by atoms with E-state index in [-0.39, 0.29) is 16.0 Å². The molecule has 0 atom stereocenters. The second-order valence-electron chi connectivity index (χ2n) is 2.69. The van der Waals surface area contributed by atoms with Crippen molar-refractivity contribution >= 4 is 38.8 Å². The van der Waals surface area contributed by atoms with Crippen LogP contribution in [0.5, 0.6) is 0 Å². The van der Waals surface area contributed by atoms with Crippen molar-refractivity contribution in [1.29, 1.82) is 0 Å². The molecule has 2 heterocycles. The minimum Gasteiger partial charge on any atom is -0.374 e. The van der Waals surface area contributed by atoms with Crippen molar-refractivity contribution in [2.75, 3.05) is 11.1 Å². The van der Waals surface area contributed by atoms with Crippen molar-refractivity contribution < 1.29 is 4.79 Å². The molecule has 2 rings (SSSR count). The maximum atomic E-state index is 11.5. The van der Waals surface area contributed by atoms with Gasteiger partial charge in [-0.2, -0.15) is 0 Å². The fraction of sp³-hybridized carbons (Fsp3) is 0.143. The highest BCUT2D eigenvalue weighted by Gasteiger charge is 2.12. The van der Waals surface area contributed by atoms with Crippen molar-refractivity contribution in [2.24, 2.45) is 0 Å². The molecule has 0 bridgehead atoms. The van der Waals surface area contributed by atoms with E-state index in [1.54, 1.807) is 0 Å². The molecule has 0 radical (unpaired) electrons. The van der Waals surface area contributed by atoms with Gasteiger partial charge in [0.2, 0.25) is 10.1 Å². The Labute approximate surface area is 93.2 Å². The molecule has 3 N–H and O–H groups in total. The van der Waals surface area contributed by atoms with Gasteiger partial charge in [-0.25, -0.2) is 4.98 Å². The molecule has 78 valence electrons. The minimum absolute atomic E-state index is 0.236. The summed E-state index contributed by atoms with van der Waals surface area (Å²) in [6.45, 7) is 1.86. The number of hydrogen-bond donors (Lipinski definition) is 2. The molecule has 0 unspecified atom stereocenters. The van der Waals surface area contributed by atoms with Gasteiger partial charge in [-0.1, -0.05) is 11.3 Å². The third kappa shape index (κ3) is 2.28. The van der Waals surface area contributed by atoms with E-state index in [0.717, 1.165) is 17.0 Å². The molecule has 15 heavy (non-hydrogen) atoms. The Morgan fingerprint density at radius 1 is 1.53 bits per heavy atom. The predicted octanol–water partition coefficient (Wildman–Crippen LogP) is 1.14. The lowest BCUT2D eigenvalue weighted by molar-refractivity contribution is 0.102. The predicted molar refractivity (Wildman–Crippen MR) is 59.1 cm³/mol. The number of nitrogens with one attached hydrogen (secondary N) is 1. The van der Waals surface area contributed by atoms with Crippen LogP contribution < -0.4 is 11.1 Å². The normalized spacial score (nSPS) is 10.2. The Bertz CT molecular complexity index is 491. The molecule has 0 aliphatic carbocycles. The number of carbonyl (C=O) groups is 1. The highest BCUT2D eigenvalue weighted by atomic mass is 32.1. The zero-order chi connectivity index (χ0) is 10.8. The van der Waals surface area contributed by atoms with Crippen LogP contribution >= 0.6 is 22.7 Å².